The van der Waals surface area contributed by atoms with E-state index in [-0.39, 0.29) is 6.03 Å². The van der Waals surface area contributed by atoms with Crippen molar-refractivity contribution in [2.45, 2.75) is 6.42 Å². The highest BCUT2D eigenvalue weighted by atomic mass is 35.5. The van der Waals surface area contributed by atoms with Gasteiger partial charge in [0, 0.05) is 36.2 Å². The number of urea groups is 1. The fraction of sp³-hybridized carbons (Fsp3) is 0.118. The van der Waals surface area contributed by atoms with E-state index in [4.69, 9.17) is 23.2 Å². The molecule has 1 heterocycles. The summed E-state index contributed by atoms with van der Waals surface area (Å²) < 4.78 is 0. The molecule has 0 radical (unpaired) electrons. The average Bonchev–Trinajstić information content (AvgIpc) is 2.77. The summed E-state index contributed by atoms with van der Waals surface area (Å²) in [6.07, 6.45) is 0.787. The molecule has 0 unspecified atom stereocenters. The molecule has 1 aliphatic rings. The molecule has 2 amide bonds. The number of carbonyl (C=O) groups excluding carboxylic acids is 1. The first-order valence-corrected chi connectivity index (χ1v) is 7.77. The number of allylic oxidation sites excluding steroid dienone is 1. The number of nitrogens with zero attached hydrogens (tertiary/aromatic N) is 1. The van der Waals surface area contributed by atoms with E-state index >= 15 is 0 Å². The van der Waals surface area contributed by atoms with Crippen molar-refractivity contribution >= 4 is 46.3 Å². The Bertz CT molecular complexity index is 804. The Hall–Kier alpha value is -2.17. The van der Waals surface area contributed by atoms with Crippen LogP contribution in [0.4, 0.5) is 21.9 Å². The van der Waals surface area contributed by atoms with Gasteiger partial charge >= 0.3 is 6.03 Å². The predicted octanol–water partition coefficient (Wildman–Crippen LogP) is 5.14. The Morgan fingerprint density at radius 1 is 1.09 bits per heavy atom. The van der Waals surface area contributed by atoms with Gasteiger partial charge in [-0.2, -0.15) is 0 Å². The van der Waals surface area contributed by atoms with E-state index in [1.807, 2.05) is 25.2 Å². The molecular weight excluding hydrogens is 333 g/mol. The second-order valence-corrected chi connectivity index (χ2v) is 6.17. The van der Waals surface area contributed by atoms with Gasteiger partial charge in [0.1, 0.15) is 0 Å². The Morgan fingerprint density at radius 3 is 2.43 bits per heavy atom. The molecule has 2 aromatic rings. The van der Waals surface area contributed by atoms with Crippen molar-refractivity contribution in [3.05, 3.63) is 64.3 Å². The summed E-state index contributed by atoms with van der Waals surface area (Å²) in [7, 11) is 1.98. The number of rotatable bonds is 2. The van der Waals surface area contributed by atoms with Crippen LogP contribution in [0.5, 0.6) is 0 Å². The SMILES string of the molecule is C=C1Cc2cc(NC(=O)Nc3ccc(Cl)c(Cl)c3)ccc2N1C. The highest BCUT2D eigenvalue weighted by Crippen LogP contribution is 2.34. The summed E-state index contributed by atoms with van der Waals surface area (Å²) in [5, 5.41) is 6.37. The lowest BCUT2D eigenvalue weighted by Crippen LogP contribution is -2.19. The highest BCUT2D eigenvalue weighted by Gasteiger charge is 2.19. The molecule has 4 nitrogen and oxygen atoms in total. The molecule has 0 aliphatic carbocycles. The normalized spacial score (nSPS) is 13.0. The lowest BCUT2D eigenvalue weighted by atomic mass is 10.1. The van der Waals surface area contributed by atoms with Gasteiger partial charge in [0.05, 0.1) is 10.0 Å². The lowest BCUT2D eigenvalue weighted by Gasteiger charge is -2.14. The Morgan fingerprint density at radius 2 is 1.74 bits per heavy atom. The fourth-order valence-electron chi connectivity index (χ4n) is 2.51. The van der Waals surface area contributed by atoms with E-state index < -0.39 is 0 Å². The lowest BCUT2D eigenvalue weighted by molar-refractivity contribution is 0.262. The molecule has 1 aliphatic heterocycles. The monoisotopic (exact) mass is 347 g/mol. The minimum absolute atomic E-state index is 0.339. The van der Waals surface area contributed by atoms with E-state index in [1.54, 1.807) is 18.2 Å². The third-order valence-corrected chi connectivity index (χ3v) is 4.48. The van der Waals surface area contributed by atoms with Crippen LogP contribution in [0.15, 0.2) is 48.7 Å². The first-order valence-electron chi connectivity index (χ1n) is 7.01. The molecule has 6 heteroatoms. The first kappa shape index (κ1) is 15.7. The number of amides is 2. The van der Waals surface area contributed by atoms with Gasteiger partial charge < -0.3 is 15.5 Å². The molecule has 2 aromatic carbocycles. The van der Waals surface area contributed by atoms with Crippen LogP contribution >= 0.6 is 23.2 Å². The Balaban J connectivity index is 1.70. The maximum Gasteiger partial charge on any atom is 0.323 e. The van der Waals surface area contributed by atoms with Gasteiger partial charge in [-0.25, -0.2) is 4.79 Å². The summed E-state index contributed by atoms with van der Waals surface area (Å²) in [4.78, 5) is 14.1. The number of hydrogen-bond donors (Lipinski definition) is 2. The zero-order valence-electron chi connectivity index (χ0n) is 12.5. The third kappa shape index (κ3) is 3.28. The van der Waals surface area contributed by atoms with Crippen LogP contribution in [-0.4, -0.2) is 13.1 Å². The van der Waals surface area contributed by atoms with Gasteiger partial charge in [-0.3, -0.25) is 0 Å². The first-order chi connectivity index (χ1) is 10.9. The van der Waals surface area contributed by atoms with Crippen molar-refractivity contribution in [3.63, 3.8) is 0 Å². The zero-order chi connectivity index (χ0) is 16.6. The Kier molecular flexibility index (Phi) is 4.20. The molecule has 0 bridgehead atoms. The van der Waals surface area contributed by atoms with Crippen LogP contribution in [0, 0.1) is 0 Å². The molecule has 0 fully saturated rings. The van der Waals surface area contributed by atoms with Crippen LogP contribution < -0.4 is 15.5 Å². The maximum absolute atomic E-state index is 12.1. The number of fused-ring (bicyclic) bond motifs is 1. The zero-order valence-corrected chi connectivity index (χ0v) is 14.0. The molecule has 23 heavy (non-hydrogen) atoms. The van der Waals surface area contributed by atoms with Crippen molar-refractivity contribution in [3.8, 4) is 0 Å². The summed E-state index contributed by atoms with van der Waals surface area (Å²) in [5.41, 5.74) is 4.60. The maximum atomic E-state index is 12.1. The van der Waals surface area contributed by atoms with Gasteiger partial charge in [-0.1, -0.05) is 29.8 Å². The van der Waals surface area contributed by atoms with Crippen LogP contribution in [0.25, 0.3) is 0 Å². The molecule has 0 saturated carbocycles. The second-order valence-electron chi connectivity index (χ2n) is 5.35. The summed E-state index contributed by atoms with van der Waals surface area (Å²) in [5.74, 6) is 0. The summed E-state index contributed by atoms with van der Waals surface area (Å²) in [6.45, 7) is 4.01. The van der Waals surface area contributed by atoms with Crippen molar-refractivity contribution in [2.24, 2.45) is 0 Å². The molecule has 0 aromatic heterocycles. The molecule has 3 rings (SSSR count). The summed E-state index contributed by atoms with van der Waals surface area (Å²) in [6, 6.07) is 10.4. The topological polar surface area (TPSA) is 44.4 Å². The minimum atomic E-state index is -0.339. The fourth-order valence-corrected chi connectivity index (χ4v) is 2.81. The molecule has 2 N–H and O–H groups in total. The van der Waals surface area contributed by atoms with E-state index in [1.165, 1.54) is 0 Å². The summed E-state index contributed by atoms with van der Waals surface area (Å²) >= 11 is 11.8. The van der Waals surface area contributed by atoms with Gasteiger partial charge in [0.2, 0.25) is 0 Å². The average molecular weight is 348 g/mol. The van der Waals surface area contributed by atoms with Gasteiger partial charge in [0.25, 0.3) is 0 Å². The number of anilines is 3. The molecular formula is C17H15Cl2N3O. The predicted molar refractivity (Wildman–Crippen MR) is 96.8 cm³/mol. The van der Waals surface area contributed by atoms with Crippen LogP contribution in [0.3, 0.4) is 0 Å². The minimum Gasteiger partial charge on any atom is -0.348 e. The molecule has 0 atom stereocenters. The van der Waals surface area contributed by atoms with E-state index in [9.17, 15) is 4.79 Å². The van der Waals surface area contributed by atoms with Gasteiger partial charge in [-0.05, 0) is 42.0 Å². The van der Waals surface area contributed by atoms with Crippen molar-refractivity contribution in [1.29, 1.82) is 0 Å². The number of likely N-dealkylation sites (N-methyl/N-ethyl adjacent to an activating group) is 1. The van der Waals surface area contributed by atoms with Crippen molar-refractivity contribution < 1.29 is 4.79 Å². The number of hydrogen-bond acceptors (Lipinski definition) is 2. The van der Waals surface area contributed by atoms with Crippen molar-refractivity contribution in [1.82, 2.24) is 0 Å². The number of halogens is 2. The number of carbonyl (C=O) groups is 1. The van der Waals surface area contributed by atoms with E-state index in [0.717, 1.165) is 29.1 Å². The quantitative estimate of drug-likeness (QED) is 0.789. The highest BCUT2D eigenvalue weighted by molar-refractivity contribution is 6.42. The largest absolute Gasteiger partial charge is 0.348 e. The third-order valence-electron chi connectivity index (χ3n) is 3.75. The molecule has 0 spiro atoms. The van der Waals surface area contributed by atoms with Crippen LogP contribution in [0.2, 0.25) is 10.0 Å². The van der Waals surface area contributed by atoms with Gasteiger partial charge in [0.15, 0.2) is 0 Å². The second kappa shape index (κ2) is 6.14. The molecule has 0 saturated heterocycles. The smallest absolute Gasteiger partial charge is 0.323 e. The van der Waals surface area contributed by atoms with Crippen LogP contribution in [-0.2, 0) is 6.42 Å². The van der Waals surface area contributed by atoms with E-state index in [0.29, 0.717) is 15.7 Å². The standard InChI is InChI=1S/C17H15Cl2N3O/c1-10-7-11-8-12(4-6-16(11)22(10)2)20-17(23)21-13-3-5-14(18)15(19)9-13/h3-6,8-9H,1,7H2,2H3,(H2,20,21,23). The van der Waals surface area contributed by atoms with Gasteiger partial charge in [-0.15, -0.1) is 0 Å². The molecule has 118 valence electrons. The van der Waals surface area contributed by atoms with E-state index in [2.05, 4.69) is 22.1 Å². The van der Waals surface area contributed by atoms with Crippen molar-refractivity contribution in [2.75, 3.05) is 22.6 Å². The number of nitrogens with one attached hydrogen (secondary N) is 2. The number of benzene rings is 2. The van der Waals surface area contributed by atoms with Crippen LogP contribution in [0.1, 0.15) is 5.56 Å². The Labute approximate surface area is 144 Å².